The Labute approximate surface area is 123 Å². The molecule has 6 nitrogen and oxygen atoms in total. The Hall–Kier alpha value is -1.18. The summed E-state index contributed by atoms with van der Waals surface area (Å²) >= 11 is 5.73. The average Bonchev–Trinajstić information content (AvgIpc) is 2.25. The number of carboxylic acid groups (broad SMARTS) is 1. The van der Waals surface area contributed by atoms with Crippen LogP contribution in [0.5, 0.6) is 0 Å². The van der Waals surface area contributed by atoms with E-state index in [2.05, 4.69) is 4.98 Å². The fourth-order valence-corrected chi connectivity index (χ4v) is 3.43. The number of sulfonamides is 1. The molecule has 0 fully saturated rings. The number of carbonyl (C=O) groups is 1. The van der Waals surface area contributed by atoms with Crippen molar-refractivity contribution in [3.63, 3.8) is 0 Å². The first kappa shape index (κ1) is 16.9. The predicted octanol–water partition coefficient (Wildman–Crippen LogP) is 1.86. The first-order chi connectivity index (χ1) is 9.02. The summed E-state index contributed by atoms with van der Waals surface area (Å²) in [5.74, 6) is -1.21. The number of halogens is 1. The second-order valence-electron chi connectivity index (χ2n) is 5.57. The van der Waals surface area contributed by atoms with E-state index >= 15 is 0 Å². The van der Waals surface area contributed by atoms with Gasteiger partial charge in [0.25, 0.3) is 0 Å². The summed E-state index contributed by atoms with van der Waals surface area (Å²) in [4.78, 5) is 14.5. The highest BCUT2D eigenvalue weighted by molar-refractivity contribution is 7.89. The molecule has 0 bridgehead atoms. The highest BCUT2D eigenvalue weighted by Gasteiger charge is 2.30. The first-order valence-electron chi connectivity index (χ1n) is 5.85. The standard InChI is InChI=1S/C12H17ClN2O4S/c1-12(2,3)8-15(7-11(16)17)20(18,19)10-4-9(13)5-14-6-10/h4-6H,7-8H2,1-3H3,(H,16,17). The third-order valence-corrected chi connectivity index (χ3v) is 4.24. The van der Waals surface area contributed by atoms with Crippen LogP contribution in [0.15, 0.2) is 23.4 Å². The molecule has 0 spiro atoms. The molecule has 0 atom stereocenters. The molecule has 112 valence electrons. The molecule has 0 saturated carbocycles. The van der Waals surface area contributed by atoms with Gasteiger partial charge in [0.1, 0.15) is 11.4 Å². The number of hydrogen-bond donors (Lipinski definition) is 1. The number of aliphatic carboxylic acids is 1. The van der Waals surface area contributed by atoms with Crippen LogP contribution in [0.3, 0.4) is 0 Å². The zero-order valence-corrected chi connectivity index (χ0v) is 13.1. The summed E-state index contributed by atoms with van der Waals surface area (Å²) < 4.78 is 25.8. The summed E-state index contributed by atoms with van der Waals surface area (Å²) in [5, 5.41) is 9.08. The first-order valence-corrected chi connectivity index (χ1v) is 7.67. The summed E-state index contributed by atoms with van der Waals surface area (Å²) in [6.07, 6.45) is 2.46. The lowest BCUT2D eigenvalue weighted by Crippen LogP contribution is -2.41. The van der Waals surface area contributed by atoms with Crippen LogP contribution in [0, 0.1) is 5.41 Å². The van der Waals surface area contributed by atoms with Gasteiger partial charge < -0.3 is 5.11 Å². The second kappa shape index (κ2) is 6.07. The second-order valence-corrected chi connectivity index (χ2v) is 7.94. The van der Waals surface area contributed by atoms with Crippen LogP contribution < -0.4 is 0 Å². The Morgan fingerprint density at radius 1 is 1.40 bits per heavy atom. The molecule has 1 aromatic heterocycles. The van der Waals surface area contributed by atoms with E-state index in [9.17, 15) is 13.2 Å². The van der Waals surface area contributed by atoms with Crippen molar-refractivity contribution in [3.8, 4) is 0 Å². The van der Waals surface area contributed by atoms with E-state index < -0.39 is 22.5 Å². The Morgan fingerprint density at radius 2 is 2.00 bits per heavy atom. The quantitative estimate of drug-likeness (QED) is 0.894. The van der Waals surface area contributed by atoms with Crippen molar-refractivity contribution in [2.24, 2.45) is 5.41 Å². The summed E-state index contributed by atoms with van der Waals surface area (Å²) in [7, 11) is -3.95. The zero-order chi connectivity index (χ0) is 15.6. The molecule has 0 aliphatic carbocycles. The van der Waals surface area contributed by atoms with Crippen molar-refractivity contribution < 1.29 is 18.3 Å². The van der Waals surface area contributed by atoms with Gasteiger partial charge in [0.05, 0.1) is 5.02 Å². The molecule has 0 aliphatic rings. The van der Waals surface area contributed by atoms with Crippen LogP contribution >= 0.6 is 11.6 Å². The predicted molar refractivity (Wildman–Crippen MR) is 75.1 cm³/mol. The number of nitrogens with zero attached hydrogens (tertiary/aromatic N) is 2. The molecule has 1 aromatic rings. The van der Waals surface area contributed by atoms with Crippen molar-refractivity contribution in [2.45, 2.75) is 25.7 Å². The lowest BCUT2D eigenvalue weighted by atomic mass is 9.97. The van der Waals surface area contributed by atoms with E-state index in [0.717, 1.165) is 10.5 Å². The third-order valence-electron chi connectivity index (χ3n) is 2.28. The number of hydrogen-bond acceptors (Lipinski definition) is 4. The van der Waals surface area contributed by atoms with Crippen LogP contribution in [0.4, 0.5) is 0 Å². The van der Waals surface area contributed by atoms with Gasteiger partial charge in [-0.3, -0.25) is 9.78 Å². The number of carboxylic acids is 1. The van der Waals surface area contributed by atoms with E-state index in [-0.39, 0.29) is 21.9 Å². The van der Waals surface area contributed by atoms with Crippen molar-refractivity contribution in [2.75, 3.05) is 13.1 Å². The summed E-state index contributed by atoms with van der Waals surface area (Å²) in [6, 6.07) is 1.25. The SMILES string of the molecule is CC(C)(C)CN(CC(=O)O)S(=O)(=O)c1cncc(Cl)c1. The Balaban J connectivity index is 3.20. The van der Waals surface area contributed by atoms with Crippen LogP contribution in [0.1, 0.15) is 20.8 Å². The maximum absolute atomic E-state index is 12.5. The van der Waals surface area contributed by atoms with Crippen molar-refractivity contribution >= 4 is 27.6 Å². The molecule has 0 saturated heterocycles. The fraction of sp³-hybridized carbons (Fsp3) is 0.500. The average molecular weight is 321 g/mol. The van der Waals surface area contributed by atoms with Gasteiger partial charge >= 0.3 is 5.97 Å². The van der Waals surface area contributed by atoms with Crippen LogP contribution in [-0.4, -0.2) is 41.9 Å². The Bertz CT molecular complexity index is 596. The molecular weight excluding hydrogens is 304 g/mol. The molecule has 0 aromatic carbocycles. The lowest BCUT2D eigenvalue weighted by Gasteiger charge is -2.28. The van der Waals surface area contributed by atoms with Gasteiger partial charge in [-0.25, -0.2) is 8.42 Å². The van der Waals surface area contributed by atoms with E-state index in [4.69, 9.17) is 16.7 Å². The van der Waals surface area contributed by atoms with E-state index in [1.54, 1.807) is 0 Å². The number of rotatable bonds is 5. The molecule has 1 heterocycles. The van der Waals surface area contributed by atoms with Gasteiger partial charge in [-0.2, -0.15) is 4.31 Å². The molecule has 0 unspecified atom stereocenters. The lowest BCUT2D eigenvalue weighted by molar-refractivity contribution is -0.137. The molecule has 8 heteroatoms. The van der Waals surface area contributed by atoms with Gasteiger partial charge in [0, 0.05) is 18.9 Å². The van der Waals surface area contributed by atoms with Gasteiger partial charge in [0.15, 0.2) is 0 Å². The zero-order valence-electron chi connectivity index (χ0n) is 11.5. The number of pyridine rings is 1. The molecule has 20 heavy (non-hydrogen) atoms. The monoisotopic (exact) mass is 320 g/mol. The maximum atomic E-state index is 12.5. The molecule has 0 amide bonds. The maximum Gasteiger partial charge on any atom is 0.318 e. The van der Waals surface area contributed by atoms with Gasteiger partial charge in [-0.05, 0) is 11.5 Å². The van der Waals surface area contributed by atoms with Crippen molar-refractivity contribution in [1.29, 1.82) is 0 Å². The highest BCUT2D eigenvalue weighted by atomic mass is 35.5. The number of aromatic nitrogens is 1. The normalized spacial score (nSPS) is 12.7. The van der Waals surface area contributed by atoms with E-state index in [1.165, 1.54) is 12.3 Å². The van der Waals surface area contributed by atoms with Crippen LogP contribution in [-0.2, 0) is 14.8 Å². The Morgan fingerprint density at radius 3 is 2.45 bits per heavy atom. The minimum absolute atomic E-state index is 0.0775. The summed E-state index contributed by atoms with van der Waals surface area (Å²) in [5.41, 5.74) is -0.380. The van der Waals surface area contributed by atoms with Crippen molar-refractivity contribution in [1.82, 2.24) is 9.29 Å². The van der Waals surface area contributed by atoms with E-state index in [0.29, 0.717) is 0 Å². The molecule has 0 aliphatic heterocycles. The fourth-order valence-electron chi connectivity index (χ4n) is 1.59. The smallest absolute Gasteiger partial charge is 0.318 e. The highest BCUT2D eigenvalue weighted by Crippen LogP contribution is 2.23. The van der Waals surface area contributed by atoms with Crippen LogP contribution in [0.25, 0.3) is 0 Å². The minimum atomic E-state index is -3.95. The van der Waals surface area contributed by atoms with Crippen molar-refractivity contribution in [3.05, 3.63) is 23.5 Å². The van der Waals surface area contributed by atoms with Gasteiger partial charge in [0.2, 0.25) is 10.0 Å². The summed E-state index contributed by atoms with van der Waals surface area (Å²) in [6.45, 7) is 4.95. The molecule has 1 rings (SSSR count). The van der Waals surface area contributed by atoms with Gasteiger partial charge in [-0.15, -0.1) is 0 Å². The van der Waals surface area contributed by atoms with E-state index in [1.807, 2.05) is 20.8 Å². The minimum Gasteiger partial charge on any atom is -0.480 e. The third kappa shape index (κ3) is 4.73. The topological polar surface area (TPSA) is 87.6 Å². The largest absolute Gasteiger partial charge is 0.480 e. The Kier molecular flexibility index (Phi) is 5.12. The van der Waals surface area contributed by atoms with Gasteiger partial charge in [-0.1, -0.05) is 32.4 Å². The molecular formula is C12H17ClN2O4S. The molecule has 1 N–H and O–H groups in total. The van der Waals surface area contributed by atoms with Crippen LogP contribution in [0.2, 0.25) is 5.02 Å². The molecule has 0 radical (unpaired) electrons.